The van der Waals surface area contributed by atoms with Gasteiger partial charge in [0.2, 0.25) is 5.91 Å². The highest BCUT2D eigenvalue weighted by Crippen LogP contribution is 2.36. The fourth-order valence-corrected chi connectivity index (χ4v) is 5.53. The van der Waals surface area contributed by atoms with E-state index in [1.165, 1.54) is 22.2 Å². The lowest BCUT2D eigenvalue weighted by Gasteiger charge is -2.15. The highest BCUT2D eigenvalue weighted by atomic mass is 32.2. The van der Waals surface area contributed by atoms with Crippen LogP contribution in [0.5, 0.6) is 0 Å². The maximum atomic E-state index is 13.2. The largest absolute Gasteiger partial charge is 0.383 e. The van der Waals surface area contributed by atoms with Crippen molar-refractivity contribution in [3.63, 3.8) is 0 Å². The maximum absolute atomic E-state index is 13.2. The Labute approximate surface area is 160 Å². The number of rotatable bonds is 7. The number of thiophene rings is 1. The Hall–Kier alpha value is -1.38. The van der Waals surface area contributed by atoms with E-state index in [-0.39, 0.29) is 16.7 Å². The van der Waals surface area contributed by atoms with E-state index in [1.54, 1.807) is 23.0 Å². The molecule has 1 atom stereocenters. The lowest BCUT2D eigenvalue weighted by molar-refractivity contribution is -0.120. The van der Waals surface area contributed by atoms with Gasteiger partial charge in [-0.15, -0.1) is 11.3 Å². The van der Waals surface area contributed by atoms with Gasteiger partial charge in [-0.3, -0.25) is 14.2 Å². The highest BCUT2D eigenvalue weighted by Gasteiger charge is 2.28. The van der Waals surface area contributed by atoms with Crippen LogP contribution >= 0.6 is 23.1 Å². The minimum atomic E-state index is -0.291. The van der Waals surface area contributed by atoms with Crippen LogP contribution in [0.25, 0.3) is 10.2 Å². The summed E-state index contributed by atoms with van der Waals surface area (Å²) in [5, 5.41) is 4.12. The molecule has 0 unspecified atom stereocenters. The lowest BCUT2D eigenvalue weighted by atomic mass is 10.2. The van der Waals surface area contributed by atoms with Gasteiger partial charge < -0.3 is 10.1 Å². The topological polar surface area (TPSA) is 73.2 Å². The zero-order chi connectivity index (χ0) is 18.3. The number of methoxy groups -OCH3 is 1. The van der Waals surface area contributed by atoms with Gasteiger partial charge in [-0.05, 0) is 44.6 Å². The third-order valence-electron chi connectivity index (χ3n) is 4.88. The quantitative estimate of drug-likeness (QED) is 0.577. The number of nitrogens with one attached hydrogen (secondary N) is 1. The van der Waals surface area contributed by atoms with Gasteiger partial charge in [0.05, 0.1) is 23.8 Å². The Bertz CT molecular complexity index is 901. The molecule has 2 aromatic heterocycles. The van der Waals surface area contributed by atoms with E-state index in [1.807, 2.05) is 6.92 Å². The van der Waals surface area contributed by atoms with E-state index in [9.17, 15) is 9.59 Å². The third-order valence-corrected chi connectivity index (χ3v) is 7.16. The molecule has 0 saturated heterocycles. The van der Waals surface area contributed by atoms with Gasteiger partial charge in [0, 0.05) is 18.0 Å². The van der Waals surface area contributed by atoms with Gasteiger partial charge in [0.1, 0.15) is 4.83 Å². The summed E-state index contributed by atoms with van der Waals surface area (Å²) in [6.07, 6.45) is 5.24. The van der Waals surface area contributed by atoms with Crippen molar-refractivity contribution in [1.29, 1.82) is 0 Å². The molecule has 0 aromatic carbocycles. The smallest absolute Gasteiger partial charge is 0.263 e. The van der Waals surface area contributed by atoms with Crippen LogP contribution in [0.4, 0.5) is 0 Å². The predicted octanol–water partition coefficient (Wildman–Crippen LogP) is 2.35. The molecule has 2 aromatic rings. The summed E-state index contributed by atoms with van der Waals surface area (Å²) in [5.41, 5.74) is 1.19. The number of hydrogen-bond donors (Lipinski definition) is 1. The summed E-state index contributed by atoms with van der Waals surface area (Å²) in [5.74, 6) is 0.0128. The maximum Gasteiger partial charge on any atom is 0.263 e. The molecule has 1 N–H and O–H groups in total. The number of aromatic nitrogens is 2. The Morgan fingerprint density at radius 3 is 3.00 bits per heavy atom. The zero-order valence-corrected chi connectivity index (χ0v) is 16.7. The van der Waals surface area contributed by atoms with Crippen LogP contribution in [-0.4, -0.2) is 40.5 Å². The molecular weight excluding hydrogens is 370 g/mol. The van der Waals surface area contributed by atoms with Crippen molar-refractivity contribution in [1.82, 2.24) is 14.9 Å². The molecule has 0 aliphatic heterocycles. The molecule has 1 saturated carbocycles. The van der Waals surface area contributed by atoms with Crippen LogP contribution < -0.4 is 10.9 Å². The third kappa shape index (κ3) is 3.42. The first kappa shape index (κ1) is 18.0. The number of thioether (sulfide) groups is 1. The number of amides is 1. The Balaban J connectivity index is 1.69. The van der Waals surface area contributed by atoms with Gasteiger partial charge in [-0.2, -0.15) is 0 Å². The molecule has 2 heterocycles. The molecule has 2 aliphatic rings. The monoisotopic (exact) mass is 393 g/mol. The first-order valence-electron chi connectivity index (χ1n) is 9.09. The van der Waals surface area contributed by atoms with Crippen LogP contribution in [0, 0.1) is 0 Å². The Morgan fingerprint density at radius 2 is 2.27 bits per heavy atom. The number of fused-ring (bicyclic) bond motifs is 3. The van der Waals surface area contributed by atoms with Crippen molar-refractivity contribution in [3.05, 3.63) is 20.8 Å². The minimum Gasteiger partial charge on any atom is -0.383 e. The number of carbonyl (C=O) groups is 1. The molecule has 26 heavy (non-hydrogen) atoms. The number of ether oxygens (including phenoxy) is 1. The van der Waals surface area contributed by atoms with Gasteiger partial charge in [0.25, 0.3) is 5.56 Å². The number of nitrogens with zero attached hydrogens (tertiary/aromatic N) is 2. The van der Waals surface area contributed by atoms with Crippen molar-refractivity contribution < 1.29 is 9.53 Å². The summed E-state index contributed by atoms with van der Waals surface area (Å²) in [6, 6.07) is 0.331. The Morgan fingerprint density at radius 1 is 1.46 bits per heavy atom. The molecule has 0 radical (unpaired) electrons. The second-order valence-electron chi connectivity index (χ2n) is 6.92. The van der Waals surface area contributed by atoms with Gasteiger partial charge in [-0.1, -0.05) is 11.8 Å². The van der Waals surface area contributed by atoms with Crippen molar-refractivity contribution in [2.45, 2.75) is 62.0 Å². The molecule has 0 spiro atoms. The molecule has 0 bridgehead atoms. The average molecular weight is 394 g/mol. The summed E-state index contributed by atoms with van der Waals surface area (Å²) < 4.78 is 6.87. The van der Waals surface area contributed by atoms with E-state index in [0.29, 0.717) is 24.3 Å². The van der Waals surface area contributed by atoms with E-state index in [4.69, 9.17) is 9.72 Å². The van der Waals surface area contributed by atoms with Crippen molar-refractivity contribution in [2.75, 3.05) is 13.7 Å². The summed E-state index contributed by atoms with van der Waals surface area (Å²) in [7, 11) is 1.62. The van der Waals surface area contributed by atoms with Crippen LogP contribution in [0.3, 0.4) is 0 Å². The molecule has 6 nitrogen and oxygen atoms in total. The second kappa shape index (κ2) is 7.32. The van der Waals surface area contributed by atoms with E-state index in [2.05, 4.69) is 5.32 Å². The summed E-state index contributed by atoms with van der Waals surface area (Å²) in [6.45, 7) is 2.76. The highest BCUT2D eigenvalue weighted by molar-refractivity contribution is 8.00. The number of carbonyl (C=O) groups excluding carboxylic acids is 1. The molecule has 1 fully saturated rings. The molecule has 2 aliphatic carbocycles. The molecule has 8 heteroatoms. The van der Waals surface area contributed by atoms with E-state index < -0.39 is 0 Å². The standard InChI is InChI=1S/C18H23N3O3S2/c1-10(15(22)19-11-6-7-11)25-18-20-16-14(12-4-3-5-13(12)26-16)17(23)21(18)8-9-24-2/h10-11H,3-9H2,1-2H3,(H,19,22)/t10-/m1/s1. The van der Waals surface area contributed by atoms with Gasteiger partial charge in [-0.25, -0.2) is 4.98 Å². The van der Waals surface area contributed by atoms with Crippen LogP contribution in [0.15, 0.2) is 9.95 Å². The van der Waals surface area contributed by atoms with Crippen LogP contribution in [-0.2, 0) is 28.9 Å². The van der Waals surface area contributed by atoms with Gasteiger partial charge in [0.15, 0.2) is 5.16 Å². The van der Waals surface area contributed by atoms with E-state index >= 15 is 0 Å². The van der Waals surface area contributed by atoms with Crippen molar-refractivity contribution in [3.8, 4) is 0 Å². The fourth-order valence-electron chi connectivity index (χ4n) is 3.29. The lowest BCUT2D eigenvalue weighted by Crippen LogP contribution is -2.33. The van der Waals surface area contributed by atoms with E-state index in [0.717, 1.165) is 42.3 Å². The summed E-state index contributed by atoms with van der Waals surface area (Å²) in [4.78, 5) is 32.4. The SMILES string of the molecule is COCCn1c(S[C@H](C)C(=O)NC2CC2)nc2sc3c(c2c1=O)CCC3. The first-order valence-corrected chi connectivity index (χ1v) is 10.8. The minimum absolute atomic E-state index is 0.00347. The summed E-state index contributed by atoms with van der Waals surface area (Å²) >= 11 is 2.99. The van der Waals surface area contributed by atoms with Crippen LogP contribution in [0.1, 0.15) is 36.6 Å². The van der Waals surface area contributed by atoms with Gasteiger partial charge >= 0.3 is 0 Å². The number of aryl methyl sites for hydroxylation is 2. The van der Waals surface area contributed by atoms with Crippen molar-refractivity contribution in [2.24, 2.45) is 0 Å². The normalized spacial score (nSPS) is 17.5. The predicted molar refractivity (Wildman–Crippen MR) is 104 cm³/mol. The first-order chi connectivity index (χ1) is 12.6. The van der Waals surface area contributed by atoms with Crippen molar-refractivity contribution >= 4 is 39.2 Å². The molecule has 140 valence electrons. The molecule has 4 rings (SSSR count). The van der Waals surface area contributed by atoms with Crippen LogP contribution in [0.2, 0.25) is 0 Å². The average Bonchev–Trinajstić information content (AvgIpc) is 3.18. The fraction of sp³-hybridized carbons (Fsp3) is 0.611. The Kier molecular flexibility index (Phi) is 5.07. The number of hydrogen-bond acceptors (Lipinski definition) is 6. The zero-order valence-electron chi connectivity index (χ0n) is 15.0. The second-order valence-corrected chi connectivity index (χ2v) is 9.32. The molecule has 1 amide bonds. The molecular formula is C18H23N3O3S2.